The van der Waals surface area contributed by atoms with Crippen molar-refractivity contribution in [3.8, 4) is 0 Å². The summed E-state index contributed by atoms with van der Waals surface area (Å²) in [6.45, 7) is 0. The minimum absolute atomic E-state index is 0.161. The first-order valence-corrected chi connectivity index (χ1v) is 6.05. The van der Waals surface area contributed by atoms with Gasteiger partial charge in [0.15, 0.2) is 0 Å². The second kappa shape index (κ2) is 4.19. The van der Waals surface area contributed by atoms with Crippen LogP contribution in [-0.2, 0) is 4.74 Å². The molecular formula is C12H23NO. The molecule has 0 aromatic heterocycles. The van der Waals surface area contributed by atoms with Crippen LogP contribution in [0, 0.1) is 5.92 Å². The summed E-state index contributed by atoms with van der Waals surface area (Å²) in [5.41, 5.74) is 0.161. The average molecular weight is 197 g/mol. The average Bonchev–Trinajstić information content (AvgIpc) is 3.05. The van der Waals surface area contributed by atoms with Crippen LogP contribution >= 0.6 is 0 Å². The van der Waals surface area contributed by atoms with Gasteiger partial charge in [0, 0.05) is 13.2 Å². The highest BCUT2D eigenvalue weighted by Crippen LogP contribution is 2.44. The summed E-state index contributed by atoms with van der Waals surface area (Å²) in [7, 11) is 4.00. The smallest absolute Gasteiger partial charge is 0.0833 e. The molecule has 0 aromatic rings. The third-order valence-electron chi connectivity index (χ3n) is 4.08. The zero-order valence-corrected chi connectivity index (χ0v) is 9.51. The molecule has 0 saturated heterocycles. The topological polar surface area (TPSA) is 21.3 Å². The molecule has 2 nitrogen and oxygen atoms in total. The lowest BCUT2D eigenvalue weighted by Gasteiger charge is -2.42. The van der Waals surface area contributed by atoms with Gasteiger partial charge in [-0.15, -0.1) is 0 Å². The minimum atomic E-state index is 0.161. The van der Waals surface area contributed by atoms with Gasteiger partial charge in [0.1, 0.15) is 0 Å². The molecule has 0 spiro atoms. The Balaban J connectivity index is 2.06. The first kappa shape index (κ1) is 10.4. The summed E-state index contributed by atoms with van der Waals surface area (Å²) in [5.74, 6) is 0.887. The molecule has 0 amide bonds. The van der Waals surface area contributed by atoms with Gasteiger partial charge < -0.3 is 10.1 Å². The molecule has 0 aromatic carbocycles. The van der Waals surface area contributed by atoms with E-state index in [4.69, 9.17) is 4.74 Å². The van der Waals surface area contributed by atoms with Crippen LogP contribution in [0.25, 0.3) is 0 Å². The summed E-state index contributed by atoms with van der Waals surface area (Å²) in [5, 5.41) is 3.50. The van der Waals surface area contributed by atoms with E-state index in [2.05, 4.69) is 12.4 Å². The maximum absolute atomic E-state index is 5.87. The zero-order valence-electron chi connectivity index (χ0n) is 9.51. The van der Waals surface area contributed by atoms with Crippen molar-refractivity contribution in [1.82, 2.24) is 5.32 Å². The lowest BCUT2D eigenvalue weighted by molar-refractivity contribution is -0.0710. The Kier molecular flexibility index (Phi) is 3.13. The van der Waals surface area contributed by atoms with E-state index in [0.717, 1.165) is 5.92 Å². The van der Waals surface area contributed by atoms with Crippen molar-refractivity contribution in [2.75, 3.05) is 14.2 Å². The van der Waals surface area contributed by atoms with Crippen molar-refractivity contribution >= 4 is 0 Å². The summed E-state index contributed by atoms with van der Waals surface area (Å²) >= 11 is 0. The van der Waals surface area contributed by atoms with Crippen molar-refractivity contribution in [2.24, 2.45) is 5.92 Å². The number of ether oxygens (including phenoxy) is 1. The normalized spacial score (nSPS) is 28.7. The van der Waals surface area contributed by atoms with Crippen LogP contribution in [0.3, 0.4) is 0 Å². The van der Waals surface area contributed by atoms with E-state index in [1.54, 1.807) is 0 Å². The molecule has 2 aliphatic carbocycles. The van der Waals surface area contributed by atoms with Gasteiger partial charge in [-0.2, -0.15) is 0 Å². The molecule has 2 heteroatoms. The summed E-state index contributed by atoms with van der Waals surface area (Å²) in [4.78, 5) is 0. The fraction of sp³-hybridized carbons (Fsp3) is 1.00. The van der Waals surface area contributed by atoms with Gasteiger partial charge in [0.25, 0.3) is 0 Å². The van der Waals surface area contributed by atoms with Crippen LogP contribution in [0.1, 0.15) is 44.9 Å². The van der Waals surface area contributed by atoms with E-state index in [1.807, 2.05) is 7.11 Å². The van der Waals surface area contributed by atoms with Crippen molar-refractivity contribution in [3.63, 3.8) is 0 Å². The molecule has 1 N–H and O–H groups in total. The maximum Gasteiger partial charge on any atom is 0.0833 e. The van der Waals surface area contributed by atoms with Gasteiger partial charge in [-0.3, -0.25) is 0 Å². The Morgan fingerprint density at radius 2 is 1.86 bits per heavy atom. The number of methoxy groups -OCH3 is 1. The Hall–Kier alpha value is -0.0800. The summed E-state index contributed by atoms with van der Waals surface area (Å²) in [6.07, 6.45) is 9.40. The standard InChI is InChI=1S/C12H23NO/c1-13-11(10-6-7-10)12(14-2)8-4-3-5-9-12/h10-11,13H,3-9H2,1-2H3. The van der Waals surface area contributed by atoms with E-state index in [1.165, 1.54) is 44.9 Å². The summed E-state index contributed by atoms with van der Waals surface area (Å²) in [6, 6.07) is 0.604. The molecule has 2 saturated carbocycles. The monoisotopic (exact) mass is 197 g/mol. The first-order chi connectivity index (χ1) is 6.82. The second-order valence-corrected chi connectivity index (χ2v) is 4.93. The number of hydrogen-bond donors (Lipinski definition) is 1. The maximum atomic E-state index is 5.87. The predicted octanol–water partition coefficient (Wildman–Crippen LogP) is 2.33. The largest absolute Gasteiger partial charge is 0.377 e. The van der Waals surface area contributed by atoms with Gasteiger partial charge >= 0.3 is 0 Å². The first-order valence-electron chi connectivity index (χ1n) is 6.05. The van der Waals surface area contributed by atoms with Crippen LogP contribution in [0.4, 0.5) is 0 Å². The Morgan fingerprint density at radius 3 is 2.29 bits per heavy atom. The Labute approximate surface area is 87.4 Å². The third kappa shape index (κ3) is 1.82. The SMILES string of the molecule is CNC(C1CC1)C1(OC)CCCCC1. The van der Waals surface area contributed by atoms with Crippen molar-refractivity contribution < 1.29 is 4.74 Å². The van der Waals surface area contributed by atoms with Crippen LogP contribution < -0.4 is 5.32 Å². The third-order valence-corrected chi connectivity index (χ3v) is 4.08. The van der Waals surface area contributed by atoms with Crippen molar-refractivity contribution in [1.29, 1.82) is 0 Å². The van der Waals surface area contributed by atoms with Crippen LogP contribution in [0.15, 0.2) is 0 Å². The lowest BCUT2D eigenvalue weighted by atomic mass is 9.77. The zero-order chi connectivity index (χ0) is 10.0. The van der Waals surface area contributed by atoms with E-state index < -0.39 is 0 Å². The quantitative estimate of drug-likeness (QED) is 0.747. The number of rotatable bonds is 4. The van der Waals surface area contributed by atoms with E-state index in [9.17, 15) is 0 Å². The lowest BCUT2D eigenvalue weighted by Crippen LogP contribution is -2.53. The highest BCUT2D eigenvalue weighted by atomic mass is 16.5. The van der Waals surface area contributed by atoms with Gasteiger partial charge in [0.2, 0.25) is 0 Å². The fourth-order valence-corrected chi connectivity index (χ4v) is 3.15. The molecule has 82 valence electrons. The molecule has 2 fully saturated rings. The van der Waals surface area contributed by atoms with Crippen LogP contribution in [-0.4, -0.2) is 25.8 Å². The Morgan fingerprint density at radius 1 is 1.21 bits per heavy atom. The van der Waals surface area contributed by atoms with Crippen molar-refractivity contribution in [2.45, 2.75) is 56.6 Å². The molecule has 0 heterocycles. The Bertz CT molecular complexity index is 183. The number of hydrogen-bond acceptors (Lipinski definition) is 2. The highest BCUT2D eigenvalue weighted by Gasteiger charge is 2.46. The molecule has 2 aliphatic rings. The van der Waals surface area contributed by atoms with Crippen LogP contribution in [0.2, 0.25) is 0 Å². The molecule has 1 atom stereocenters. The molecular weight excluding hydrogens is 174 g/mol. The fourth-order valence-electron chi connectivity index (χ4n) is 3.15. The van der Waals surface area contributed by atoms with E-state index in [-0.39, 0.29) is 5.60 Å². The van der Waals surface area contributed by atoms with Crippen molar-refractivity contribution in [3.05, 3.63) is 0 Å². The van der Waals surface area contributed by atoms with Crippen LogP contribution in [0.5, 0.6) is 0 Å². The molecule has 0 radical (unpaired) electrons. The van der Waals surface area contributed by atoms with Gasteiger partial charge in [0.05, 0.1) is 5.60 Å². The molecule has 2 rings (SSSR count). The van der Waals surface area contributed by atoms with Gasteiger partial charge in [-0.1, -0.05) is 19.3 Å². The highest BCUT2D eigenvalue weighted by molar-refractivity contribution is 5.02. The summed E-state index contributed by atoms with van der Waals surface area (Å²) < 4.78 is 5.87. The molecule has 1 unspecified atom stereocenters. The second-order valence-electron chi connectivity index (χ2n) is 4.93. The molecule has 14 heavy (non-hydrogen) atoms. The number of nitrogens with one attached hydrogen (secondary N) is 1. The van der Waals surface area contributed by atoms with E-state index in [0.29, 0.717) is 6.04 Å². The van der Waals surface area contributed by atoms with E-state index >= 15 is 0 Å². The number of likely N-dealkylation sites (N-methyl/N-ethyl adjacent to an activating group) is 1. The molecule has 0 bridgehead atoms. The predicted molar refractivity (Wildman–Crippen MR) is 58.4 cm³/mol. The van der Waals surface area contributed by atoms with Gasteiger partial charge in [-0.25, -0.2) is 0 Å². The minimum Gasteiger partial charge on any atom is -0.377 e. The van der Waals surface area contributed by atoms with Gasteiger partial charge in [-0.05, 0) is 38.6 Å². The molecule has 0 aliphatic heterocycles.